The standard InChI is InChI=1S/C19H23N/c1-14-10-11-18(12-15(14)2)20-13-17-8-5-7-16-6-3-4-9-19(16)17/h3-4,6,9-12,17,20H,5,7-8,13H2,1-2H3. The number of anilines is 1. The number of hydrogen-bond acceptors (Lipinski definition) is 1. The lowest BCUT2D eigenvalue weighted by molar-refractivity contribution is 0.572. The molecular weight excluding hydrogens is 242 g/mol. The molecule has 2 aromatic carbocycles. The molecule has 1 aliphatic rings. The van der Waals surface area contributed by atoms with Crippen LogP contribution in [0.3, 0.4) is 0 Å². The van der Waals surface area contributed by atoms with Crippen molar-refractivity contribution in [2.45, 2.75) is 39.0 Å². The average molecular weight is 265 g/mol. The van der Waals surface area contributed by atoms with Gasteiger partial charge in [0.1, 0.15) is 0 Å². The van der Waals surface area contributed by atoms with Crippen LogP contribution in [0.1, 0.15) is 41.0 Å². The molecule has 20 heavy (non-hydrogen) atoms. The number of benzene rings is 2. The van der Waals surface area contributed by atoms with Crippen molar-refractivity contribution in [3.63, 3.8) is 0 Å². The zero-order valence-corrected chi connectivity index (χ0v) is 12.4. The monoisotopic (exact) mass is 265 g/mol. The van der Waals surface area contributed by atoms with Crippen LogP contribution in [0.4, 0.5) is 5.69 Å². The lowest BCUT2D eigenvalue weighted by Gasteiger charge is -2.26. The molecule has 0 heterocycles. The van der Waals surface area contributed by atoms with Crippen LogP contribution >= 0.6 is 0 Å². The maximum Gasteiger partial charge on any atom is 0.0343 e. The molecule has 0 saturated heterocycles. The van der Waals surface area contributed by atoms with Crippen LogP contribution in [-0.2, 0) is 6.42 Å². The molecule has 104 valence electrons. The van der Waals surface area contributed by atoms with E-state index in [1.807, 2.05) is 0 Å². The first kappa shape index (κ1) is 13.2. The number of nitrogens with one attached hydrogen (secondary N) is 1. The Hall–Kier alpha value is -1.76. The third-order valence-electron chi connectivity index (χ3n) is 4.55. The summed E-state index contributed by atoms with van der Waals surface area (Å²) in [5.74, 6) is 0.654. The molecule has 1 nitrogen and oxygen atoms in total. The van der Waals surface area contributed by atoms with E-state index < -0.39 is 0 Å². The molecule has 0 spiro atoms. The molecule has 1 atom stereocenters. The minimum Gasteiger partial charge on any atom is -0.384 e. The molecule has 0 bridgehead atoms. The van der Waals surface area contributed by atoms with E-state index in [0.29, 0.717) is 5.92 Å². The largest absolute Gasteiger partial charge is 0.384 e. The minimum absolute atomic E-state index is 0.654. The van der Waals surface area contributed by atoms with Crippen LogP contribution < -0.4 is 5.32 Å². The normalized spacial score (nSPS) is 17.6. The predicted molar refractivity (Wildman–Crippen MR) is 86.5 cm³/mol. The van der Waals surface area contributed by atoms with Crippen LogP contribution in [0.2, 0.25) is 0 Å². The second-order valence-electron chi connectivity index (χ2n) is 5.97. The van der Waals surface area contributed by atoms with Crippen LogP contribution in [0, 0.1) is 13.8 Å². The van der Waals surface area contributed by atoms with Crippen LogP contribution in [0.25, 0.3) is 0 Å². The number of hydrogen-bond donors (Lipinski definition) is 1. The zero-order chi connectivity index (χ0) is 13.9. The molecule has 0 aliphatic heterocycles. The van der Waals surface area contributed by atoms with Gasteiger partial charge in [-0.2, -0.15) is 0 Å². The lowest BCUT2D eigenvalue weighted by Crippen LogP contribution is -2.18. The molecule has 1 N–H and O–H groups in total. The Bertz CT molecular complexity index is 600. The summed E-state index contributed by atoms with van der Waals surface area (Å²) in [4.78, 5) is 0. The van der Waals surface area contributed by atoms with Gasteiger partial charge in [-0.15, -0.1) is 0 Å². The molecule has 3 rings (SSSR count). The quantitative estimate of drug-likeness (QED) is 0.837. The highest BCUT2D eigenvalue weighted by Crippen LogP contribution is 2.31. The third-order valence-corrected chi connectivity index (χ3v) is 4.55. The maximum atomic E-state index is 3.62. The first-order chi connectivity index (χ1) is 9.74. The highest BCUT2D eigenvalue weighted by molar-refractivity contribution is 5.48. The highest BCUT2D eigenvalue weighted by atomic mass is 14.9. The van der Waals surface area contributed by atoms with Gasteiger partial charge in [-0.1, -0.05) is 30.3 Å². The molecule has 0 amide bonds. The van der Waals surface area contributed by atoms with E-state index in [-0.39, 0.29) is 0 Å². The van der Waals surface area contributed by atoms with Gasteiger partial charge >= 0.3 is 0 Å². The van der Waals surface area contributed by atoms with Gasteiger partial charge in [-0.3, -0.25) is 0 Å². The van der Waals surface area contributed by atoms with Gasteiger partial charge in [-0.05, 0) is 67.5 Å². The van der Waals surface area contributed by atoms with Crippen molar-refractivity contribution in [3.05, 3.63) is 64.7 Å². The summed E-state index contributed by atoms with van der Waals surface area (Å²) in [6.45, 7) is 5.38. The second kappa shape index (κ2) is 5.70. The van der Waals surface area contributed by atoms with E-state index in [4.69, 9.17) is 0 Å². The molecule has 1 aliphatic carbocycles. The van der Waals surface area contributed by atoms with Crippen molar-refractivity contribution in [2.24, 2.45) is 0 Å². The van der Waals surface area contributed by atoms with Crippen molar-refractivity contribution in [2.75, 3.05) is 11.9 Å². The summed E-state index contributed by atoms with van der Waals surface area (Å²) in [5, 5.41) is 3.62. The molecule has 2 aromatic rings. The molecule has 0 aromatic heterocycles. The smallest absolute Gasteiger partial charge is 0.0343 e. The molecule has 1 heteroatoms. The summed E-state index contributed by atoms with van der Waals surface area (Å²) < 4.78 is 0. The fraction of sp³-hybridized carbons (Fsp3) is 0.368. The topological polar surface area (TPSA) is 12.0 Å². The van der Waals surface area contributed by atoms with E-state index in [1.165, 1.54) is 36.1 Å². The van der Waals surface area contributed by atoms with E-state index in [9.17, 15) is 0 Å². The van der Waals surface area contributed by atoms with Gasteiger partial charge in [0, 0.05) is 18.2 Å². The van der Waals surface area contributed by atoms with Crippen LogP contribution in [0.15, 0.2) is 42.5 Å². The van der Waals surface area contributed by atoms with E-state index >= 15 is 0 Å². The third kappa shape index (κ3) is 2.72. The van der Waals surface area contributed by atoms with Gasteiger partial charge in [0.05, 0.1) is 0 Å². The molecule has 0 radical (unpaired) electrons. The SMILES string of the molecule is Cc1ccc(NCC2CCCc3ccccc32)cc1C. The van der Waals surface area contributed by atoms with Crippen molar-refractivity contribution in [1.82, 2.24) is 0 Å². The van der Waals surface area contributed by atoms with Gasteiger partial charge in [0.25, 0.3) is 0 Å². The van der Waals surface area contributed by atoms with Gasteiger partial charge in [0.15, 0.2) is 0 Å². The minimum atomic E-state index is 0.654. The van der Waals surface area contributed by atoms with Crippen molar-refractivity contribution in [1.29, 1.82) is 0 Å². The zero-order valence-electron chi connectivity index (χ0n) is 12.4. The summed E-state index contributed by atoms with van der Waals surface area (Å²) in [7, 11) is 0. The molecule has 0 saturated carbocycles. The van der Waals surface area contributed by atoms with Crippen LogP contribution in [-0.4, -0.2) is 6.54 Å². The fourth-order valence-corrected chi connectivity index (χ4v) is 3.16. The number of fused-ring (bicyclic) bond motifs is 1. The summed E-state index contributed by atoms with van der Waals surface area (Å²) in [6, 6.07) is 15.6. The second-order valence-corrected chi connectivity index (χ2v) is 5.97. The first-order valence-corrected chi connectivity index (χ1v) is 7.63. The highest BCUT2D eigenvalue weighted by Gasteiger charge is 2.19. The number of rotatable bonds is 3. The van der Waals surface area contributed by atoms with E-state index in [2.05, 4.69) is 61.6 Å². The Morgan fingerprint density at radius 1 is 1.05 bits per heavy atom. The van der Waals surface area contributed by atoms with Crippen LogP contribution in [0.5, 0.6) is 0 Å². The first-order valence-electron chi connectivity index (χ1n) is 7.63. The predicted octanol–water partition coefficient (Wildman–Crippen LogP) is 4.84. The Morgan fingerprint density at radius 3 is 2.75 bits per heavy atom. The van der Waals surface area contributed by atoms with Gasteiger partial charge in [0.2, 0.25) is 0 Å². The van der Waals surface area contributed by atoms with Gasteiger partial charge < -0.3 is 5.32 Å². The summed E-state index contributed by atoms with van der Waals surface area (Å²) in [6.07, 6.45) is 3.86. The Kier molecular flexibility index (Phi) is 3.77. The lowest BCUT2D eigenvalue weighted by atomic mass is 9.83. The van der Waals surface area contributed by atoms with E-state index in [0.717, 1.165) is 6.54 Å². The van der Waals surface area contributed by atoms with Gasteiger partial charge in [-0.25, -0.2) is 0 Å². The summed E-state index contributed by atoms with van der Waals surface area (Å²) >= 11 is 0. The van der Waals surface area contributed by atoms with Crippen molar-refractivity contribution < 1.29 is 0 Å². The maximum absolute atomic E-state index is 3.62. The average Bonchev–Trinajstić information content (AvgIpc) is 2.48. The fourth-order valence-electron chi connectivity index (χ4n) is 3.16. The Balaban J connectivity index is 1.71. The molecule has 1 unspecified atom stereocenters. The van der Waals surface area contributed by atoms with Crippen molar-refractivity contribution >= 4 is 5.69 Å². The Morgan fingerprint density at radius 2 is 1.90 bits per heavy atom. The number of aryl methyl sites for hydroxylation is 3. The Labute approximate surface area is 122 Å². The van der Waals surface area contributed by atoms with E-state index in [1.54, 1.807) is 11.1 Å². The molecular formula is C19H23N. The molecule has 0 fully saturated rings. The van der Waals surface area contributed by atoms with Crippen molar-refractivity contribution in [3.8, 4) is 0 Å². The summed E-state index contributed by atoms with van der Waals surface area (Å²) in [5.41, 5.74) is 7.06.